The first-order valence-electron chi connectivity index (χ1n) is 12.8. The molecule has 1 aliphatic heterocycles. The fraction of sp³-hybridized carbons (Fsp3) is 0.423. The number of H-pyrrole nitrogens is 1. The molecule has 4 aromatic rings. The average molecular weight is 521 g/mol. The molecule has 1 N–H and O–H groups in total. The van der Waals surface area contributed by atoms with Crippen LogP contribution in [0.1, 0.15) is 29.3 Å². The van der Waals surface area contributed by atoms with Gasteiger partial charge in [0.05, 0.1) is 37.8 Å². The first-order chi connectivity index (χ1) is 18.5. The number of hydrogen-bond donors (Lipinski definition) is 1. The second kappa shape index (κ2) is 11.6. The maximum Gasteiger partial charge on any atom is 0.341 e. The van der Waals surface area contributed by atoms with Crippen LogP contribution in [0.3, 0.4) is 0 Å². The lowest BCUT2D eigenvalue weighted by Crippen LogP contribution is -2.44. The molecular formula is C26H32N8O4. The van der Waals surface area contributed by atoms with E-state index in [2.05, 4.69) is 36.9 Å². The van der Waals surface area contributed by atoms with Gasteiger partial charge in [0.2, 0.25) is 5.95 Å². The molecule has 5 rings (SSSR count). The van der Waals surface area contributed by atoms with Crippen LogP contribution in [0.15, 0.2) is 47.8 Å². The molecule has 0 bridgehead atoms. The van der Waals surface area contributed by atoms with Crippen LogP contribution in [-0.2, 0) is 11.3 Å². The topological polar surface area (TPSA) is 123 Å². The smallest absolute Gasteiger partial charge is 0.341 e. The number of likely N-dealkylation sites (N-methyl/N-ethyl adjacent to an activating group) is 1. The predicted molar refractivity (Wildman–Crippen MR) is 141 cm³/mol. The van der Waals surface area contributed by atoms with Crippen molar-refractivity contribution < 1.29 is 14.3 Å². The Balaban J connectivity index is 1.26. The van der Waals surface area contributed by atoms with Crippen LogP contribution >= 0.6 is 0 Å². The van der Waals surface area contributed by atoms with Gasteiger partial charge in [0.15, 0.2) is 11.2 Å². The molecule has 38 heavy (non-hydrogen) atoms. The van der Waals surface area contributed by atoms with Gasteiger partial charge < -0.3 is 23.8 Å². The molecule has 1 aliphatic rings. The highest BCUT2D eigenvalue weighted by molar-refractivity contribution is 5.88. The normalized spacial score (nSPS) is 14.7. The number of carbonyl (C=O) groups is 1. The maximum atomic E-state index is 12.7. The summed E-state index contributed by atoms with van der Waals surface area (Å²) >= 11 is 0. The van der Waals surface area contributed by atoms with Crippen molar-refractivity contribution in [2.45, 2.75) is 19.9 Å². The van der Waals surface area contributed by atoms with Gasteiger partial charge in [-0.05, 0) is 38.1 Å². The first kappa shape index (κ1) is 25.6. The van der Waals surface area contributed by atoms with Crippen LogP contribution in [0.4, 0.5) is 0 Å². The number of ether oxygens (including phenoxy) is 2. The number of imidazole rings is 1. The lowest BCUT2D eigenvalue weighted by molar-refractivity contribution is 0.0526. The van der Waals surface area contributed by atoms with E-state index < -0.39 is 11.5 Å². The van der Waals surface area contributed by atoms with Gasteiger partial charge in [-0.3, -0.25) is 9.78 Å². The number of aromatic amines is 1. The largest absolute Gasteiger partial charge is 0.494 e. The molecule has 3 aromatic heterocycles. The number of esters is 1. The summed E-state index contributed by atoms with van der Waals surface area (Å²) in [5, 5.41) is 4.15. The SMILES string of the molecule is CCOC(=O)c1cnn(-c2nc3c(ncn3Cc3cccc(OCCCN4CCN(C)CC4)c3)c(=O)[nH]2)c1. The Labute approximate surface area is 219 Å². The van der Waals surface area contributed by atoms with Crippen molar-refractivity contribution in [3.8, 4) is 11.7 Å². The third-order valence-corrected chi connectivity index (χ3v) is 6.51. The van der Waals surface area contributed by atoms with Gasteiger partial charge in [-0.25, -0.2) is 14.5 Å². The van der Waals surface area contributed by atoms with Gasteiger partial charge in [0, 0.05) is 38.9 Å². The van der Waals surface area contributed by atoms with E-state index in [1.807, 2.05) is 24.3 Å². The standard InChI is InChI=1S/C26H32N8O4/c1-3-37-25(36)20-15-28-34(17-20)26-29-23-22(24(35)30-26)27-18-33(23)16-19-6-4-7-21(14-19)38-13-5-8-32-11-9-31(2)10-12-32/h4,6-7,14-15,17-18H,3,5,8-13,16H2,1-2H3,(H,29,30,35). The summed E-state index contributed by atoms with van der Waals surface area (Å²) in [6, 6.07) is 7.90. The first-order valence-corrected chi connectivity index (χ1v) is 12.8. The summed E-state index contributed by atoms with van der Waals surface area (Å²) in [6.07, 6.45) is 5.40. The summed E-state index contributed by atoms with van der Waals surface area (Å²) in [5.74, 6) is 0.491. The molecule has 4 heterocycles. The van der Waals surface area contributed by atoms with Gasteiger partial charge in [-0.1, -0.05) is 12.1 Å². The molecule has 1 aromatic carbocycles. The van der Waals surface area contributed by atoms with Crippen molar-refractivity contribution in [1.82, 2.24) is 39.1 Å². The molecule has 0 saturated carbocycles. The Bertz CT molecular complexity index is 1450. The van der Waals surface area contributed by atoms with Gasteiger partial charge in [-0.15, -0.1) is 0 Å². The molecular weight excluding hydrogens is 488 g/mol. The van der Waals surface area contributed by atoms with Gasteiger partial charge >= 0.3 is 5.97 Å². The van der Waals surface area contributed by atoms with Gasteiger partial charge in [0.1, 0.15) is 5.75 Å². The predicted octanol–water partition coefficient (Wildman–Crippen LogP) is 1.55. The Morgan fingerprint density at radius 2 is 2.03 bits per heavy atom. The zero-order valence-electron chi connectivity index (χ0n) is 21.7. The fourth-order valence-corrected chi connectivity index (χ4v) is 4.40. The van der Waals surface area contributed by atoms with Crippen LogP contribution in [0.25, 0.3) is 17.1 Å². The number of benzene rings is 1. The van der Waals surface area contributed by atoms with Crippen LogP contribution in [0, 0.1) is 0 Å². The van der Waals surface area contributed by atoms with E-state index in [1.54, 1.807) is 17.8 Å². The van der Waals surface area contributed by atoms with E-state index in [1.165, 1.54) is 17.1 Å². The summed E-state index contributed by atoms with van der Waals surface area (Å²) in [5.41, 5.74) is 1.50. The number of piperazine rings is 1. The monoisotopic (exact) mass is 520 g/mol. The Morgan fingerprint density at radius 1 is 1.18 bits per heavy atom. The molecule has 12 heteroatoms. The molecule has 0 aliphatic carbocycles. The Kier molecular flexibility index (Phi) is 7.80. The number of rotatable bonds is 10. The molecule has 1 fully saturated rings. The minimum absolute atomic E-state index is 0.178. The second-order valence-electron chi connectivity index (χ2n) is 9.32. The van der Waals surface area contributed by atoms with Crippen molar-refractivity contribution in [1.29, 1.82) is 0 Å². The minimum atomic E-state index is -0.492. The molecule has 0 spiro atoms. The molecule has 0 atom stereocenters. The van der Waals surface area contributed by atoms with Crippen LogP contribution in [0.5, 0.6) is 5.75 Å². The summed E-state index contributed by atoms with van der Waals surface area (Å²) in [7, 11) is 2.16. The number of fused-ring (bicyclic) bond motifs is 1. The van der Waals surface area contributed by atoms with E-state index in [9.17, 15) is 9.59 Å². The van der Waals surface area contributed by atoms with Crippen molar-refractivity contribution >= 4 is 17.1 Å². The third-order valence-electron chi connectivity index (χ3n) is 6.51. The van der Waals surface area contributed by atoms with E-state index in [4.69, 9.17) is 9.47 Å². The zero-order chi connectivity index (χ0) is 26.5. The van der Waals surface area contributed by atoms with Crippen molar-refractivity contribution in [3.63, 3.8) is 0 Å². The highest BCUT2D eigenvalue weighted by Crippen LogP contribution is 2.17. The van der Waals surface area contributed by atoms with Crippen molar-refractivity contribution in [3.05, 3.63) is 64.5 Å². The number of nitrogens with one attached hydrogen (secondary N) is 1. The number of hydrogen-bond acceptors (Lipinski definition) is 9. The van der Waals surface area contributed by atoms with Crippen molar-refractivity contribution in [2.24, 2.45) is 0 Å². The van der Waals surface area contributed by atoms with Crippen LogP contribution in [0.2, 0.25) is 0 Å². The van der Waals surface area contributed by atoms with E-state index in [-0.39, 0.29) is 23.6 Å². The van der Waals surface area contributed by atoms with Gasteiger partial charge in [-0.2, -0.15) is 10.1 Å². The minimum Gasteiger partial charge on any atom is -0.494 e. The number of nitrogens with zero attached hydrogens (tertiary/aromatic N) is 7. The molecule has 0 amide bonds. The van der Waals surface area contributed by atoms with Crippen LogP contribution in [-0.4, -0.2) is 98.1 Å². The summed E-state index contributed by atoms with van der Waals surface area (Å²) in [6.45, 7) is 8.58. The maximum absolute atomic E-state index is 12.7. The fourth-order valence-electron chi connectivity index (χ4n) is 4.40. The Hall–Kier alpha value is -4.03. The summed E-state index contributed by atoms with van der Waals surface area (Å²) < 4.78 is 14.2. The molecule has 12 nitrogen and oxygen atoms in total. The second-order valence-corrected chi connectivity index (χ2v) is 9.32. The molecule has 0 radical (unpaired) electrons. The number of aromatic nitrogens is 6. The third kappa shape index (κ3) is 5.92. The Morgan fingerprint density at radius 3 is 2.84 bits per heavy atom. The van der Waals surface area contributed by atoms with E-state index >= 15 is 0 Å². The summed E-state index contributed by atoms with van der Waals surface area (Å²) in [4.78, 5) is 41.0. The molecule has 200 valence electrons. The highest BCUT2D eigenvalue weighted by atomic mass is 16.5. The molecule has 0 unspecified atom stereocenters. The lowest BCUT2D eigenvalue weighted by Gasteiger charge is -2.32. The van der Waals surface area contributed by atoms with E-state index in [0.717, 1.165) is 50.5 Å². The lowest BCUT2D eigenvalue weighted by atomic mass is 10.2. The van der Waals surface area contributed by atoms with Gasteiger partial charge in [0.25, 0.3) is 5.56 Å². The zero-order valence-corrected chi connectivity index (χ0v) is 21.7. The molecule has 1 saturated heterocycles. The highest BCUT2D eigenvalue weighted by Gasteiger charge is 2.16. The average Bonchev–Trinajstić information content (AvgIpc) is 3.57. The van der Waals surface area contributed by atoms with Crippen molar-refractivity contribution in [2.75, 3.05) is 53.0 Å². The quantitative estimate of drug-likeness (QED) is 0.245. The van der Waals surface area contributed by atoms with Crippen LogP contribution < -0.4 is 10.3 Å². The van der Waals surface area contributed by atoms with E-state index in [0.29, 0.717) is 18.8 Å². The number of carbonyl (C=O) groups excluding carboxylic acids is 1.